The van der Waals surface area contributed by atoms with Crippen LogP contribution in [0.25, 0.3) is 10.8 Å². The third kappa shape index (κ3) is 1.50. The van der Waals surface area contributed by atoms with Crippen LogP contribution < -0.4 is 11.5 Å². The van der Waals surface area contributed by atoms with Crippen molar-refractivity contribution in [2.45, 2.75) is 6.54 Å². The van der Waals surface area contributed by atoms with E-state index in [2.05, 4.69) is 10.1 Å². The number of nitrogens with zero attached hydrogens (tertiary/aromatic N) is 4. The van der Waals surface area contributed by atoms with E-state index >= 15 is 0 Å². The molecule has 4 N–H and O–H groups in total. The second-order valence-electron chi connectivity index (χ2n) is 3.68. The van der Waals surface area contributed by atoms with Crippen molar-refractivity contribution in [3.05, 3.63) is 35.2 Å². The molecule has 0 spiro atoms. The van der Waals surface area contributed by atoms with Gasteiger partial charge in [-0.05, 0) is 0 Å². The molecule has 0 saturated carbocycles. The number of hydrogen-bond acceptors (Lipinski definition) is 5. The Bertz CT molecular complexity index is 724. The highest BCUT2D eigenvalue weighted by Crippen LogP contribution is 2.20. The minimum Gasteiger partial charge on any atom is -0.366 e. The van der Waals surface area contributed by atoms with Crippen LogP contribution in [0.15, 0.2) is 24.0 Å². The first-order valence-electron chi connectivity index (χ1n) is 5.20. The monoisotopic (exact) mass is 262 g/mol. The SMILES string of the molecule is NCc1c(-n2cc(C(N)=O)cn2)nc2sccn12. The van der Waals surface area contributed by atoms with Gasteiger partial charge in [-0.2, -0.15) is 10.1 Å². The van der Waals surface area contributed by atoms with Crippen LogP contribution in [0.5, 0.6) is 0 Å². The zero-order valence-electron chi connectivity index (χ0n) is 9.28. The molecule has 0 aliphatic rings. The van der Waals surface area contributed by atoms with Crippen LogP contribution in [0, 0.1) is 0 Å². The third-order valence-corrected chi connectivity index (χ3v) is 3.37. The number of primary amides is 1. The third-order valence-electron chi connectivity index (χ3n) is 2.62. The van der Waals surface area contributed by atoms with Crippen LogP contribution in [0.4, 0.5) is 0 Å². The number of fused-ring (bicyclic) bond motifs is 1. The Hall–Kier alpha value is -2.19. The number of carbonyl (C=O) groups is 1. The van der Waals surface area contributed by atoms with Crippen molar-refractivity contribution in [3.63, 3.8) is 0 Å². The maximum Gasteiger partial charge on any atom is 0.251 e. The van der Waals surface area contributed by atoms with Crippen LogP contribution in [-0.4, -0.2) is 25.1 Å². The normalized spacial score (nSPS) is 11.2. The standard InChI is InChI=1S/C10H10N6OS/c11-3-7-9(14-10-15(7)1-2-18-10)16-5-6(4-13-16)8(12)17/h1-2,4-5H,3,11H2,(H2,12,17). The highest BCUT2D eigenvalue weighted by Gasteiger charge is 2.15. The summed E-state index contributed by atoms with van der Waals surface area (Å²) in [6.07, 6.45) is 4.86. The molecule has 1 amide bonds. The number of aromatic nitrogens is 4. The highest BCUT2D eigenvalue weighted by atomic mass is 32.1. The number of thiazole rings is 1. The molecule has 92 valence electrons. The highest BCUT2D eigenvalue weighted by molar-refractivity contribution is 7.15. The summed E-state index contributed by atoms with van der Waals surface area (Å²) in [4.78, 5) is 16.3. The summed E-state index contributed by atoms with van der Waals surface area (Å²) in [6.45, 7) is 0.332. The summed E-state index contributed by atoms with van der Waals surface area (Å²) >= 11 is 1.51. The van der Waals surface area contributed by atoms with Crippen molar-refractivity contribution in [2.75, 3.05) is 0 Å². The molecule has 3 rings (SSSR count). The fourth-order valence-electron chi connectivity index (χ4n) is 1.76. The van der Waals surface area contributed by atoms with Crippen molar-refractivity contribution in [3.8, 4) is 5.82 Å². The van der Waals surface area contributed by atoms with E-state index in [1.54, 1.807) is 6.20 Å². The van der Waals surface area contributed by atoms with Crippen LogP contribution in [0.3, 0.4) is 0 Å². The number of carbonyl (C=O) groups excluding carboxylic acids is 1. The molecule has 18 heavy (non-hydrogen) atoms. The molecular weight excluding hydrogens is 252 g/mol. The van der Waals surface area contributed by atoms with E-state index in [1.165, 1.54) is 22.2 Å². The van der Waals surface area contributed by atoms with Crippen LogP contribution in [0.1, 0.15) is 16.1 Å². The number of amides is 1. The topological polar surface area (TPSA) is 104 Å². The molecule has 0 radical (unpaired) electrons. The summed E-state index contributed by atoms with van der Waals surface area (Å²) < 4.78 is 3.42. The molecule has 0 aromatic carbocycles. The van der Waals surface area contributed by atoms with Crippen LogP contribution in [-0.2, 0) is 6.54 Å². The Morgan fingerprint density at radius 1 is 1.50 bits per heavy atom. The number of rotatable bonds is 3. The molecule has 0 atom stereocenters. The average Bonchev–Trinajstić information content (AvgIpc) is 3.02. The summed E-state index contributed by atoms with van der Waals surface area (Å²) in [5.74, 6) is 0.105. The van der Waals surface area contributed by atoms with Crippen molar-refractivity contribution in [2.24, 2.45) is 11.5 Å². The maximum absolute atomic E-state index is 11.0. The van der Waals surface area contributed by atoms with E-state index in [0.29, 0.717) is 17.9 Å². The minimum atomic E-state index is -0.517. The lowest BCUT2D eigenvalue weighted by Crippen LogP contribution is -2.10. The van der Waals surface area contributed by atoms with Gasteiger partial charge in [0.25, 0.3) is 5.91 Å². The summed E-state index contributed by atoms with van der Waals surface area (Å²) in [5, 5.41) is 6.01. The number of nitrogens with two attached hydrogens (primary N) is 2. The molecule has 0 unspecified atom stereocenters. The van der Waals surface area contributed by atoms with E-state index in [0.717, 1.165) is 10.7 Å². The van der Waals surface area contributed by atoms with Crippen LogP contribution in [0.2, 0.25) is 0 Å². The Morgan fingerprint density at radius 3 is 3.00 bits per heavy atom. The fraction of sp³-hybridized carbons (Fsp3) is 0.100. The summed E-state index contributed by atoms with van der Waals surface area (Å²) in [5.41, 5.74) is 12.1. The van der Waals surface area contributed by atoms with Crippen molar-refractivity contribution in [1.29, 1.82) is 0 Å². The summed E-state index contributed by atoms with van der Waals surface area (Å²) in [7, 11) is 0. The molecule has 0 fully saturated rings. The molecule has 7 nitrogen and oxygen atoms in total. The minimum absolute atomic E-state index is 0.332. The van der Waals surface area contributed by atoms with Gasteiger partial charge >= 0.3 is 0 Å². The lowest BCUT2D eigenvalue weighted by molar-refractivity contribution is 0.100. The van der Waals surface area contributed by atoms with Crippen molar-refractivity contribution >= 4 is 22.2 Å². The smallest absolute Gasteiger partial charge is 0.251 e. The van der Waals surface area contributed by atoms with Gasteiger partial charge in [-0.1, -0.05) is 0 Å². The van der Waals surface area contributed by atoms with Gasteiger partial charge < -0.3 is 11.5 Å². The first kappa shape index (κ1) is 10.9. The molecule has 0 aliphatic carbocycles. The second-order valence-corrected chi connectivity index (χ2v) is 4.55. The fourth-order valence-corrected chi connectivity index (χ4v) is 2.49. The average molecular weight is 262 g/mol. The predicted molar refractivity (Wildman–Crippen MR) is 66.6 cm³/mol. The zero-order chi connectivity index (χ0) is 12.7. The zero-order valence-corrected chi connectivity index (χ0v) is 10.1. The van der Waals surface area contributed by atoms with E-state index in [-0.39, 0.29) is 0 Å². The molecule has 3 aromatic rings. The van der Waals surface area contributed by atoms with Gasteiger partial charge in [0.2, 0.25) is 0 Å². The van der Waals surface area contributed by atoms with Gasteiger partial charge in [-0.3, -0.25) is 9.20 Å². The molecule has 3 heterocycles. The molecule has 0 aliphatic heterocycles. The van der Waals surface area contributed by atoms with E-state index in [4.69, 9.17) is 11.5 Å². The number of hydrogen-bond donors (Lipinski definition) is 2. The maximum atomic E-state index is 11.0. The Kier molecular flexibility index (Phi) is 2.39. The van der Waals surface area contributed by atoms with Gasteiger partial charge in [0.05, 0.1) is 17.5 Å². The van der Waals surface area contributed by atoms with E-state index in [9.17, 15) is 4.79 Å². The molecule has 8 heteroatoms. The predicted octanol–water partition coefficient (Wildman–Crippen LogP) is 0.139. The van der Waals surface area contributed by atoms with E-state index < -0.39 is 5.91 Å². The Morgan fingerprint density at radius 2 is 2.33 bits per heavy atom. The molecule has 0 bridgehead atoms. The summed E-state index contributed by atoms with van der Waals surface area (Å²) in [6, 6.07) is 0. The lowest BCUT2D eigenvalue weighted by atomic mass is 10.3. The van der Waals surface area contributed by atoms with Crippen LogP contribution >= 0.6 is 11.3 Å². The molecular formula is C10H10N6OS. The first-order chi connectivity index (χ1) is 8.70. The van der Waals surface area contributed by atoms with Gasteiger partial charge in [0, 0.05) is 24.3 Å². The van der Waals surface area contributed by atoms with Gasteiger partial charge in [0.15, 0.2) is 10.8 Å². The Balaban J connectivity index is 2.17. The Labute approximate surface area is 106 Å². The largest absolute Gasteiger partial charge is 0.366 e. The molecule has 0 saturated heterocycles. The lowest BCUT2D eigenvalue weighted by Gasteiger charge is -2.00. The van der Waals surface area contributed by atoms with Gasteiger partial charge in [-0.15, -0.1) is 11.3 Å². The van der Waals surface area contributed by atoms with Gasteiger partial charge in [0.1, 0.15) is 0 Å². The second kappa shape index (κ2) is 3.93. The quantitative estimate of drug-likeness (QED) is 0.700. The van der Waals surface area contributed by atoms with Crippen molar-refractivity contribution in [1.82, 2.24) is 19.2 Å². The number of imidazole rings is 1. The van der Waals surface area contributed by atoms with E-state index in [1.807, 2.05) is 16.0 Å². The van der Waals surface area contributed by atoms with Gasteiger partial charge in [-0.25, -0.2) is 4.68 Å². The van der Waals surface area contributed by atoms with Crippen molar-refractivity contribution < 1.29 is 4.79 Å². The first-order valence-corrected chi connectivity index (χ1v) is 6.08. The molecule has 3 aromatic heterocycles.